The molecule has 2 aromatic rings. The number of rotatable bonds is 3. The van der Waals surface area contributed by atoms with Gasteiger partial charge in [0, 0.05) is 48.3 Å². The zero-order valence-electron chi connectivity index (χ0n) is 13.5. The Morgan fingerprint density at radius 3 is 2.62 bits per heavy atom. The molecule has 24 heavy (non-hydrogen) atoms. The largest absolute Gasteiger partial charge is 0.450 e. The van der Waals surface area contributed by atoms with E-state index < -0.39 is 0 Å². The van der Waals surface area contributed by atoms with Crippen LogP contribution in [0.3, 0.4) is 0 Å². The van der Waals surface area contributed by atoms with Gasteiger partial charge in [0.25, 0.3) is 0 Å². The Balaban J connectivity index is 1.61. The Morgan fingerprint density at radius 2 is 1.92 bits per heavy atom. The topological polar surface area (TPSA) is 65.6 Å². The molecule has 1 aromatic carbocycles. The number of nitrogens with zero attached hydrogens (tertiary/aromatic N) is 2. The van der Waals surface area contributed by atoms with Crippen LogP contribution in [0.15, 0.2) is 24.4 Å². The average Bonchev–Trinajstić information content (AvgIpc) is 2.97. The number of aromatic amines is 1. The van der Waals surface area contributed by atoms with E-state index in [1.54, 1.807) is 16.7 Å². The lowest BCUT2D eigenvalue weighted by Crippen LogP contribution is -2.51. The molecule has 128 valence electrons. The standard InChI is InChI=1S/C17H20ClN3O3/c1-2-24-17(23)21-7-5-20(6-8-21)16(22)9-12-11-19-15-4-3-13(18)10-14(12)15/h3-4,10-11,19H,2,5-9H2,1H3. The summed E-state index contributed by atoms with van der Waals surface area (Å²) in [5, 5.41) is 1.62. The summed E-state index contributed by atoms with van der Waals surface area (Å²) < 4.78 is 4.99. The molecule has 6 nitrogen and oxygen atoms in total. The maximum Gasteiger partial charge on any atom is 0.409 e. The van der Waals surface area contributed by atoms with Crippen LogP contribution in [0.2, 0.25) is 5.02 Å². The second-order valence-corrected chi connectivity index (χ2v) is 6.18. The minimum absolute atomic E-state index is 0.0550. The van der Waals surface area contributed by atoms with Gasteiger partial charge in [0.1, 0.15) is 0 Å². The van der Waals surface area contributed by atoms with Gasteiger partial charge in [-0.2, -0.15) is 0 Å². The summed E-state index contributed by atoms with van der Waals surface area (Å²) in [6.07, 6.45) is 1.86. The fourth-order valence-electron chi connectivity index (χ4n) is 2.92. The van der Waals surface area contributed by atoms with E-state index in [2.05, 4.69) is 4.98 Å². The van der Waals surface area contributed by atoms with Crippen LogP contribution in [0.25, 0.3) is 10.9 Å². The van der Waals surface area contributed by atoms with E-state index in [9.17, 15) is 9.59 Å². The van der Waals surface area contributed by atoms with Crippen molar-refractivity contribution in [1.82, 2.24) is 14.8 Å². The molecule has 0 spiro atoms. The summed E-state index contributed by atoms with van der Waals surface area (Å²) >= 11 is 6.05. The molecule has 0 radical (unpaired) electrons. The Hall–Kier alpha value is -2.21. The van der Waals surface area contributed by atoms with Crippen LogP contribution in [0.4, 0.5) is 4.79 Å². The minimum atomic E-state index is -0.309. The summed E-state index contributed by atoms with van der Waals surface area (Å²) in [5.41, 5.74) is 1.90. The molecule has 1 saturated heterocycles. The lowest BCUT2D eigenvalue weighted by Gasteiger charge is -2.34. The van der Waals surface area contributed by atoms with E-state index in [1.807, 2.05) is 24.4 Å². The van der Waals surface area contributed by atoms with Crippen molar-refractivity contribution in [2.45, 2.75) is 13.3 Å². The third-order valence-corrected chi connectivity index (χ3v) is 4.46. The van der Waals surface area contributed by atoms with Gasteiger partial charge in [-0.25, -0.2) is 4.79 Å². The SMILES string of the molecule is CCOC(=O)N1CCN(C(=O)Cc2c[nH]c3ccc(Cl)cc23)CC1. The average molecular weight is 350 g/mol. The van der Waals surface area contributed by atoms with Gasteiger partial charge in [-0.15, -0.1) is 0 Å². The maximum atomic E-state index is 12.5. The highest BCUT2D eigenvalue weighted by atomic mass is 35.5. The van der Waals surface area contributed by atoms with Crippen LogP contribution in [0, 0.1) is 0 Å². The Morgan fingerprint density at radius 1 is 1.21 bits per heavy atom. The van der Waals surface area contributed by atoms with Crippen LogP contribution in [0.5, 0.6) is 0 Å². The van der Waals surface area contributed by atoms with Crippen LogP contribution >= 0.6 is 11.6 Å². The molecular formula is C17H20ClN3O3. The lowest BCUT2D eigenvalue weighted by atomic mass is 10.1. The van der Waals surface area contributed by atoms with Gasteiger partial charge >= 0.3 is 6.09 Å². The lowest BCUT2D eigenvalue weighted by molar-refractivity contribution is -0.132. The molecule has 1 fully saturated rings. The molecule has 7 heteroatoms. The van der Waals surface area contributed by atoms with E-state index in [1.165, 1.54) is 0 Å². The molecule has 2 amide bonds. The van der Waals surface area contributed by atoms with Crippen LogP contribution in [-0.2, 0) is 16.0 Å². The van der Waals surface area contributed by atoms with E-state index in [0.717, 1.165) is 16.5 Å². The first-order chi connectivity index (χ1) is 11.6. The van der Waals surface area contributed by atoms with Gasteiger partial charge in [0.05, 0.1) is 13.0 Å². The molecule has 0 saturated carbocycles. The molecule has 1 aliphatic heterocycles. The van der Waals surface area contributed by atoms with Crippen molar-refractivity contribution in [3.8, 4) is 0 Å². The maximum absolute atomic E-state index is 12.5. The van der Waals surface area contributed by atoms with E-state index >= 15 is 0 Å². The number of piperazine rings is 1. The number of nitrogens with one attached hydrogen (secondary N) is 1. The number of H-pyrrole nitrogens is 1. The van der Waals surface area contributed by atoms with Crippen molar-refractivity contribution in [1.29, 1.82) is 0 Å². The highest BCUT2D eigenvalue weighted by Crippen LogP contribution is 2.23. The van der Waals surface area contributed by atoms with Gasteiger partial charge in [-0.05, 0) is 30.7 Å². The summed E-state index contributed by atoms with van der Waals surface area (Å²) in [6.45, 7) is 4.21. The second kappa shape index (κ2) is 7.13. The quantitative estimate of drug-likeness (QED) is 0.926. The number of carbonyl (C=O) groups excluding carboxylic acids is 2. The zero-order valence-corrected chi connectivity index (χ0v) is 14.3. The highest BCUT2D eigenvalue weighted by Gasteiger charge is 2.25. The molecule has 1 aliphatic rings. The number of hydrogen-bond donors (Lipinski definition) is 1. The number of benzene rings is 1. The first-order valence-electron chi connectivity index (χ1n) is 8.03. The number of ether oxygens (including phenoxy) is 1. The number of carbonyl (C=O) groups is 2. The molecule has 1 aromatic heterocycles. The summed E-state index contributed by atoms with van der Waals surface area (Å²) in [7, 11) is 0. The van der Waals surface area contributed by atoms with Crippen molar-refractivity contribution in [2.75, 3.05) is 32.8 Å². The molecule has 0 aliphatic carbocycles. The van der Waals surface area contributed by atoms with Gasteiger partial charge < -0.3 is 19.5 Å². The van der Waals surface area contributed by atoms with Crippen LogP contribution in [-0.4, -0.2) is 59.6 Å². The summed E-state index contributed by atoms with van der Waals surface area (Å²) in [5.74, 6) is 0.0550. The van der Waals surface area contributed by atoms with E-state index in [-0.39, 0.29) is 12.0 Å². The van der Waals surface area contributed by atoms with Crippen molar-refractivity contribution < 1.29 is 14.3 Å². The summed E-state index contributed by atoms with van der Waals surface area (Å²) in [4.78, 5) is 30.8. The molecule has 2 heterocycles. The van der Waals surface area contributed by atoms with Crippen molar-refractivity contribution in [3.05, 3.63) is 35.0 Å². The number of amides is 2. The summed E-state index contributed by atoms with van der Waals surface area (Å²) in [6, 6.07) is 5.60. The van der Waals surface area contributed by atoms with Crippen LogP contribution in [0.1, 0.15) is 12.5 Å². The highest BCUT2D eigenvalue weighted by molar-refractivity contribution is 6.31. The minimum Gasteiger partial charge on any atom is -0.450 e. The molecule has 0 unspecified atom stereocenters. The van der Waals surface area contributed by atoms with Crippen LogP contribution < -0.4 is 0 Å². The fraction of sp³-hybridized carbons (Fsp3) is 0.412. The van der Waals surface area contributed by atoms with Gasteiger partial charge in [0.15, 0.2) is 0 Å². The number of halogens is 1. The van der Waals surface area contributed by atoms with Crippen molar-refractivity contribution in [3.63, 3.8) is 0 Å². The van der Waals surface area contributed by atoms with Gasteiger partial charge in [-0.3, -0.25) is 4.79 Å². The number of aromatic nitrogens is 1. The van der Waals surface area contributed by atoms with Gasteiger partial charge in [-0.1, -0.05) is 11.6 Å². The Bertz CT molecular complexity index is 751. The first kappa shape index (κ1) is 16.6. The smallest absolute Gasteiger partial charge is 0.409 e. The predicted octanol–water partition coefficient (Wildman–Crippen LogP) is 2.66. The first-order valence-corrected chi connectivity index (χ1v) is 8.41. The molecular weight excluding hydrogens is 330 g/mol. The molecule has 1 N–H and O–H groups in total. The third kappa shape index (κ3) is 3.48. The Labute approximate surface area is 145 Å². The molecule has 3 rings (SSSR count). The fourth-order valence-corrected chi connectivity index (χ4v) is 3.10. The zero-order chi connectivity index (χ0) is 17.1. The molecule has 0 bridgehead atoms. The number of hydrogen-bond acceptors (Lipinski definition) is 3. The molecule has 0 atom stereocenters. The third-order valence-electron chi connectivity index (χ3n) is 4.23. The predicted molar refractivity (Wildman–Crippen MR) is 92.2 cm³/mol. The van der Waals surface area contributed by atoms with E-state index in [0.29, 0.717) is 44.2 Å². The Kier molecular flexibility index (Phi) is 4.94. The monoisotopic (exact) mass is 349 g/mol. The van der Waals surface area contributed by atoms with E-state index in [4.69, 9.17) is 16.3 Å². The van der Waals surface area contributed by atoms with Crippen molar-refractivity contribution in [2.24, 2.45) is 0 Å². The normalized spacial score (nSPS) is 14.9. The number of fused-ring (bicyclic) bond motifs is 1. The second-order valence-electron chi connectivity index (χ2n) is 5.75. The van der Waals surface area contributed by atoms with Gasteiger partial charge in [0.2, 0.25) is 5.91 Å². The van der Waals surface area contributed by atoms with Crippen molar-refractivity contribution >= 4 is 34.5 Å².